The third-order valence-corrected chi connectivity index (χ3v) is 4.11. The maximum absolute atomic E-state index is 12.1. The van der Waals surface area contributed by atoms with Gasteiger partial charge in [0.2, 0.25) is 5.91 Å². The fourth-order valence-corrected chi connectivity index (χ4v) is 2.56. The van der Waals surface area contributed by atoms with Gasteiger partial charge in [-0.3, -0.25) is 4.79 Å². The van der Waals surface area contributed by atoms with E-state index in [0.717, 1.165) is 25.3 Å². The Kier molecular flexibility index (Phi) is 5.62. The number of likely N-dealkylation sites (N-methyl/N-ethyl adjacent to an activating group) is 1. The SMILES string of the molecule is CC(C)c1ccc(OCCC(=O)N(C)C2CCNC2)cc1. The highest BCUT2D eigenvalue weighted by Gasteiger charge is 2.22. The van der Waals surface area contributed by atoms with Crippen LogP contribution in [0.2, 0.25) is 0 Å². The van der Waals surface area contributed by atoms with Gasteiger partial charge in [0.05, 0.1) is 13.0 Å². The zero-order valence-electron chi connectivity index (χ0n) is 13.3. The van der Waals surface area contributed by atoms with Crippen molar-refractivity contribution in [2.24, 2.45) is 0 Å². The second-order valence-electron chi connectivity index (χ2n) is 5.97. The minimum absolute atomic E-state index is 0.155. The summed E-state index contributed by atoms with van der Waals surface area (Å²) in [6.45, 7) is 6.68. The molecule has 1 amide bonds. The molecule has 1 heterocycles. The van der Waals surface area contributed by atoms with Gasteiger partial charge >= 0.3 is 0 Å². The van der Waals surface area contributed by atoms with Gasteiger partial charge in [0, 0.05) is 19.6 Å². The molecule has 4 nitrogen and oxygen atoms in total. The first-order chi connectivity index (χ1) is 10.1. The Labute approximate surface area is 127 Å². The van der Waals surface area contributed by atoms with E-state index in [2.05, 4.69) is 31.3 Å². The third kappa shape index (κ3) is 4.46. The Morgan fingerprint density at radius 2 is 2.10 bits per heavy atom. The van der Waals surface area contributed by atoms with Crippen molar-refractivity contribution in [1.82, 2.24) is 10.2 Å². The number of benzene rings is 1. The Bertz CT molecular complexity index is 450. The standard InChI is InChI=1S/C17H26N2O2/c1-13(2)14-4-6-16(7-5-14)21-11-9-17(20)19(3)15-8-10-18-12-15/h4-7,13,15,18H,8-12H2,1-3H3. The summed E-state index contributed by atoms with van der Waals surface area (Å²) in [6.07, 6.45) is 1.47. The van der Waals surface area contributed by atoms with Crippen LogP contribution < -0.4 is 10.1 Å². The summed E-state index contributed by atoms with van der Waals surface area (Å²) in [4.78, 5) is 13.9. The van der Waals surface area contributed by atoms with E-state index in [9.17, 15) is 4.79 Å². The van der Waals surface area contributed by atoms with Gasteiger partial charge in [0.1, 0.15) is 5.75 Å². The average Bonchev–Trinajstić information content (AvgIpc) is 3.01. The summed E-state index contributed by atoms with van der Waals surface area (Å²) in [6, 6.07) is 8.45. The van der Waals surface area contributed by atoms with Crippen LogP contribution in [0.1, 0.15) is 38.2 Å². The molecule has 1 N–H and O–H groups in total. The van der Waals surface area contributed by atoms with Crippen molar-refractivity contribution in [3.8, 4) is 5.75 Å². The summed E-state index contributed by atoms with van der Waals surface area (Å²) < 4.78 is 5.66. The summed E-state index contributed by atoms with van der Waals surface area (Å²) in [7, 11) is 1.89. The maximum Gasteiger partial charge on any atom is 0.226 e. The molecule has 1 saturated heterocycles. The van der Waals surface area contributed by atoms with Crippen LogP contribution in [0.5, 0.6) is 5.75 Å². The van der Waals surface area contributed by atoms with Crippen LogP contribution in [0.4, 0.5) is 0 Å². The predicted molar refractivity (Wildman–Crippen MR) is 84.7 cm³/mol. The number of amides is 1. The van der Waals surface area contributed by atoms with E-state index in [4.69, 9.17) is 4.74 Å². The van der Waals surface area contributed by atoms with Gasteiger partial charge in [0.25, 0.3) is 0 Å². The van der Waals surface area contributed by atoms with Crippen molar-refractivity contribution in [1.29, 1.82) is 0 Å². The van der Waals surface area contributed by atoms with Crippen molar-refractivity contribution in [3.05, 3.63) is 29.8 Å². The first-order valence-electron chi connectivity index (χ1n) is 7.77. The first kappa shape index (κ1) is 15.8. The smallest absolute Gasteiger partial charge is 0.226 e. The Morgan fingerprint density at radius 1 is 1.38 bits per heavy atom. The molecule has 0 bridgehead atoms. The highest BCUT2D eigenvalue weighted by molar-refractivity contribution is 5.76. The minimum atomic E-state index is 0.155. The molecule has 1 aliphatic heterocycles. The summed E-state index contributed by atoms with van der Waals surface area (Å²) >= 11 is 0. The predicted octanol–water partition coefficient (Wildman–Crippen LogP) is 2.40. The van der Waals surface area contributed by atoms with E-state index in [0.29, 0.717) is 25.0 Å². The molecule has 116 valence electrons. The molecule has 21 heavy (non-hydrogen) atoms. The molecular formula is C17H26N2O2. The van der Waals surface area contributed by atoms with Crippen molar-refractivity contribution in [3.63, 3.8) is 0 Å². The minimum Gasteiger partial charge on any atom is -0.493 e. The van der Waals surface area contributed by atoms with Crippen LogP contribution in [-0.2, 0) is 4.79 Å². The summed E-state index contributed by atoms with van der Waals surface area (Å²) in [5, 5.41) is 3.28. The lowest BCUT2D eigenvalue weighted by Crippen LogP contribution is -2.38. The number of nitrogens with one attached hydrogen (secondary N) is 1. The van der Waals surface area contributed by atoms with Crippen LogP contribution in [0, 0.1) is 0 Å². The quantitative estimate of drug-likeness (QED) is 0.874. The fourth-order valence-electron chi connectivity index (χ4n) is 2.56. The van der Waals surface area contributed by atoms with Crippen molar-refractivity contribution in [2.45, 2.75) is 38.6 Å². The second kappa shape index (κ2) is 7.46. The van der Waals surface area contributed by atoms with Gasteiger partial charge in [-0.25, -0.2) is 0 Å². The van der Waals surface area contributed by atoms with E-state index in [1.165, 1.54) is 5.56 Å². The molecule has 1 fully saturated rings. The molecule has 0 saturated carbocycles. The molecule has 1 aliphatic rings. The lowest BCUT2D eigenvalue weighted by Gasteiger charge is -2.23. The van der Waals surface area contributed by atoms with Gasteiger partial charge in [-0.05, 0) is 36.6 Å². The maximum atomic E-state index is 12.1. The van der Waals surface area contributed by atoms with E-state index >= 15 is 0 Å². The monoisotopic (exact) mass is 290 g/mol. The molecule has 0 aliphatic carbocycles. The number of rotatable bonds is 6. The van der Waals surface area contributed by atoms with E-state index in [1.54, 1.807) is 0 Å². The highest BCUT2D eigenvalue weighted by Crippen LogP contribution is 2.18. The van der Waals surface area contributed by atoms with E-state index in [1.807, 2.05) is 24.1 Å². The van der Waals surface area contributed by atoms with Gasteiger partial charge in [-0.1, -0.05) is 26.0 Å². The normalized spacial score (nSPS) is 18.0. The Balaban J connectivity index is 1.74. The zero-order chi connectivity index (χ0) is 15.2. The number of hydrogen-bond acceptors (Lipinski definition) is 3. The lowest BCUT2D eigenvalue weighted by atomic mass is 10.0. The second-order valence-corrected chi connectivity index (χ2v) is 5.97. The molecule has 0 aromatic heterocycles. The molecule has 0 radical (unpaired) electrons. The van der Waals surface area contributed by atoms with Crippen LogP contribution in [-0.4, -0.2) is 43.6 Å². The molecule has 1 atom stereocenters. The molecular weight excluding hydrogens is 264 g/mol. The zero-order valence-corrected chi connectivity index (χ0v) is 13.3. The van der Waals surface area contributed by atoms with Crippen LogP contribution >= 0.6 is 0 Å². The van der Waals surface area contributed by atoms with E-state index < -0.39 is 0 Å². The van der Waals surface area contributed by atoms with Gasteiger partial charge in [-0.15, -0.1) is 0 Å². The van der Waals surface area contributed by atoms with Crippen LogP contribution in [0.25, 0.3) is 0 Å². The lowest BCUT2D eigenvalue weighted by molar-refractivity contribution is -0.132. The van der Waals surface area contributed by atoms with Crippen molar-refractivity contribution in [2.75, 3.05) is 26.7 Å². The number of carbonyl (C=O) groups excluding carboxylic acids is 1. The fraction of sp³-hybridized carbons (Fsp3) is 0.588. The Hall–Kier alpha value is -1.55. The largest absolute Gasteiger partial charge is 0.493 e. The van der Waals surface area contributed by atoms with Crippen LogP contribution in [0.3, 0.4) is 0 Å². The van der Waals surface area contributed by atoms with Crippen molar-refractivity contribution >= 4 is 5.91 Å². The Morgan fingerprint density at radius 3 is 2.67 bits per heavy atom. The van der Waals surface area contributed by atoms with Gasteiger partial charge in [-0.2, -0.15) is 0 Å². The summed E-state index contributed by atoms with van der Waals surface area (Å²) in [5.41, 5.74) is 1.30. The topological polar surface area (TPSA) is 41.6 Å². The summed E-state index contributed by atoms with van der Waals surface area (Å²) in [5.74, 6) is 1.51. The third-order valence-electron chi connectivity index (χ3n) is 4.11. The number of ether oxygens (including phenoxy) is 1. The first-order valence-corrected chi connectivity index (χ1v) is 7.77. The molecule has 1 aromatic rings. The van der Waals surface area contributed by atoms with Crippen molar-refractivity contribution < 1.29 is 9.53 Å². The van der Waals surface area contributed by atoms with E-state index in [-0.39, 0.29) is 5.91 Å². The molecule has 1 aromatic carbocycles. The van der Waals surface area contributed by atoms with Gasteiger partial charge in [0.15, 0.2) is 0 Å². The number of carbonyl (C=O) groups is 1. The number of hydrogen-bond donors (Lipinski definition) is 1. The average molecular weight is 290 g/mol. The highest BCUT2D eigenvalue weighted by atomic mass is 16.5. The molecule has 1 unspecified atom stereocenters. The van der Waals surface area contributed by atoms with Crippen LogP contribution in [0.15, 0.2) is 24.3 Å². The number of nitrogens with zero attached hydrogens (tertiary/aromatic N) is 1. The molecule has 0 spiro atoms. The van der Waals surface area contributed by atoms with Gasteiger partial charge < -0.3 is 15.0 Å². The molecule has 2 rings (SSSR count). The molecule has 4 heteroatoms.